The molecule has 0 spiro atoms. The summed E-state index contributed by atoms with van der Waals surface area (Å²) in [5.41, 5.74) is 2.98. The Balaban J connectivity index is 1.81. The van der Waals surface area contributed by atoms with Crippen LogP contribution in [0.2, 0.25) is 0 Å². The fourth-order valence-electron chi connectivity index (χ4n) is 3.13. The van der Waals surface area contributed by atoms with Crippen LogP contribution in [-0.2, 0) is 6.42 Å². The maximum absolute atomic E-state index is 3.62. The predicted molar refractivity (Wildman–Crippen MR) is 68.0 cm³/mol. The van der Waals surface area contributed by atoms with Gasteiger partial charge in [-0.15, -0.1) is 0 Å². The summed E-state index contributed by atoms with van der Waals surface area (Å²) < 4.78 is 0. The molecule has 2 heterocycles. The molecule has 1 aromatic rings. The number of hydrogen-bond acceptors (Lipinski definition) is 2. The number of nitrogens with one attached hydrogen (secondary N) is 1. The fourth-order valence-corrected chi connectivity index (χ4v) is 3.13. The Hall–Kier alpha value is -1.02. The Kier molecular flexibility index (Phi) is 2.60. The van der Waals surface area contributed by atoms with Crippen LogP contribution in [0.25, 0.3) is 0 Å². The lowest BCUT2D eigenvalue weighted by Crippen LogP contribution is -2.45. The summed E-state index contributed by atoms with van der Waals surface area (Å²) >= 11 is 0. The summed E-state index contributed by atoms with van der Waals surface area (Å²) in [5.74, 6) is 0. The summed E-state index contributed by atoms with van der Waals surface area (Å²) in [5, 5.41) is 3.62. The van der Waals surface area contributed by atoms with Crippen LogP contribution in [-0.4, -0.2) is 25.2 Å². The molecule has 1 saturated heterocycles. The first-order valence-electron chi connectivity index (χ1n) is 6.44. The van der Waals surface area contributed by atoms with Crippen molar-refractivity contribution < 1.29 is 0 Å². The number of hydrogen-bond donors (Lipinski definition) is 1. The second-order valence-corrected chi connectivity index (χ2v) is 5.02. The number of nitrogens with zero attached hydrogens (tertiary/aromatic N) is 1. The molecule has 0 bridgehead atoms. The first-order chi connectivity index (χ1) is 7.86. The summed E-state index contributed by atoms with van der Waals surface area (Å²) in [4.78, 5) is 2.58. The van der Waals surface area contributed by atoms with E-state index in [2.05, 4.69) is 41.4 Å². The summed E-state index contributed by atoms with van der Waals surface area (Å²) in [6, 6.07) is 10.2. The Morgan fingerprint density at radius 3 is 3.06 bits per heavy atom. The summed E-state index contributed by atoms with van der Waals surface area (Å²) in [6.45, 7) is 4.76. The van der Waals surface area contributed by atoms with Gasteiger partial charge in [-0.1, -0.05) is 18.2 Å². The maximum Gasteiger partial charge on any atom is 0.0415 e. The van der Waals surface area contributed by atoms with Gasteiger partial charge in [-0.3, -0.25) is 0 Å². The zero-order valence-corrected chi connectivity index (χ0v) is 9.95. The molecule has 0 saturated carbocycles. The van der Waals surface area contributed by atoms with E-state index in [0.717, 1.165) is 0 Å². The SMILES string of the molecule is CC(C1CCCN1)N1CCc2ccccc21. The van der Waals surface area contributed by atoms with E-state index in [1.54, 1.807) is 0 Å². The van der Waals surface area contributed by atoms with Crippen molar-refractivity contribution in [2.45, 2.75) is 38.3 Å². The van der Waals surface area contributed by atoms with Gasteiger partial charge in [0.2, 0.25) is 0 Å². The molecule has 1 N–H and O–H groups in total. The minimum atomic E-state index is 0.631. The van der Waals surface area contributed by atoms with E-state index >= 15 is 0 Å². The van der Waals surface area contributed by atoms with E-state index < -0.39 is 0 Å². The molecule has 0 radical (unpaired) electrons. The molecular formula is C14H20N2. The fraction of sp³-hybridized carbons (Fsp3) is 0.571. The van der Waals surface area contributed by atoms with Gasteiger partial charge in [-0.2, -0.15) is 0 Å². The molecule has 86 valence electrons. The van der Waals surface area contributed by atoms with Crippen molar-refractivity contribution in [1.29, 1.82) is 0 Å². The second kappa shape index (κ2) is 4.10. The van der Waals surface area contributed by atoms with Gasteiger partial charge >= 0.3 is 0 Å². The molecule has 2 nitrogen and oxygen atoms in total. The molecule has 3 rings (SSSR count). The highest BCUT2D eigenvalue weighted by molar-refractivity contribution is 5.58. The van der Waals surface area contributed by atoms with Gasteiger partial charge in [0.1, 0.15) is 0 Å². The Labute approximate surface area is 97.6 Å². The van der Waals surface area contributed by atoms with Crippen molar-refractivity contribution in [2.75, 3.05) is 18.0 Å². The van der Waals surface area contributed by atoms with Crippen LogP contribution in [0.4, 0.5) is 5.69 Å². The zero-order valence-electron chi connectivity index (χ0n) is 9.95. The minimum absolute atomic E-state index is 0.631. The lowest BCUT2D eigenvalue weighted by molar-refractivity contribution is 0.484. The second-order valence-electron chi connectivity index (χ2n) is 5.02. The normalized spacial score (nSPS) is 25.8. The third-order valence-electron chi connectivity index (χ3n) is 4.10. The van der Waals surface area contributed by atoms with Crippen LogP contribution >= 0.6 is 0 Å². The molecule has 1 aromatic carbocycles. The highest BCUT2D eigenvalue weighted by Gasteiger charge is 2.29. The number of anilines is 1. The van der Waals surface area contributed by atoms with Crippen molar-refractivity contribution in [3.05, 3.63) is 29.8 Å². The van der Waals surface area contributed by atoms with E-state index in [0.29, 0.717) is 12.1 Å². The van der Waals surface area contributed by atoms with Crippen LogP contribution in [0.5, 0.6) is 0 Å². The van der Waals surface area contributed by atoms with Crippen LogP contribution in [0, 0.1) is 0 Å². The van der Waals surface area contributed by atoms with Gasteiger partial charge in [0.15, 0.2) is 0 Å². The quantitative estimate of drug-likeness (QED) is 0.815. The van der Waals surface area contributed by atoms with E-state index in [9.17, 15) is 0 Å². The van der Waals surface area contributed by atoms with Crippen molar-refractivity contribution in [2.24, 2.45) is 0 Å². The average molecular weight is 216 g/mol. The van der Waals surface area contributed by atoms with Crippen LogP contribution in [0.3, 0.4) is 0 Å². The zero-order chi connectivity index (χ0) is 11.0. The smallest absolute Gasteiger partial charge is 0.0415 e. The summed E-state index contributed by atoms with van der Waals surface area (Å²) in [7, 11) is 0. The Morgan fingerprint density at radius 2 is 2.25 bits per heavy atom. The molecule has 2 unspecified atom stereocenters. The highest BCUT2D eigenvalue weighted by Crippen LogP contribution is 2.31. The van der Waals surface area contributed by atoms with Crippen molar-refractivity contribution in [1.82, 2.24) is 5.32 Å². The molecule has 2 heteroatoms. The minimum Gasteiger partial charge on any atom is -0.367 e. The van der Waals surface area contributed by atoms with Gasteiger partial charge in [-0.05, 0) is 44.4 Å². The lowest BCUT2D eigenvalue weighted by Gasteiger charge is -2.32. The van der Waals surface area contributed by atoms with E-state index in [1.165, 1.54) is 43.6 Å². The monoisotopic (exact) mass is 216 g/mol. The summed E-state index contributed by atoms with van der Waals surface area (Å²) in [6.07, 6.45) is 3.89. The van der Waals surface area contributed by atoms with Crippen molar-refractivity contribution in [3.8, 4) is 0 Å². The van der Waals surface area contributed by atoms with Crippen LogP contribution < -0.4 is 10.2 Å². The third kappa shape index (κ3) is 1.61. The molecule has 0 aromatic heterocycles. The average Bonchev–Trinajstić information content (AvgIpc) is 2.98. The Bertz CT molecular complexity index is 369. The van der Waals surface area contributed by atoms with Crippen LogP contribution in [0.1, 0.15) is 25.3 Å². The largest absolute Gasteiger partial charge is 0.367 e. The van der Waals surface area contributed by atoms with Gasteiger partial charge in [-0.25, -0.2) is 0 Å². The molecule has 0 aliphatic carbocycles. The molecular weight excluding hydrogens is 196 g/mol. The molecule has 1 fully saturated rings. The van der Waals surface area contributed by atoms with E-state index in [1.807, 2.05) is 0 Å². The third-order valence-corrected chi connectivity index (χ3v) is 4.10. The number of para-hydroxylation sites is 1. The highest BCUT2D eigenvalue weighted by atomic mass is 15.2. The predicted octanol–water partition coefficient (Wildman–Crippen LogP) is 2.19. The standard InChI is InChI=1S/C14H20N2/c1-11(13-6-4-9-15-13)16-10-8-12-5-2-3-7-14(12)16/h2-3,5,7,11,13,15H,4,6,8-10H2,1H3. The first kappa shape index (κ1) is 10.2. The van der Waals surface area contributed by atoms with Gasteiger partial charge in [0.25, 0.3) is 0 Å². The first-order valence-corrected chi connectivity index (χ1v) is 6.44. The molecule has 0 amide bonds. The van der Waals surface area contributed by atoms with Crippen LogP contribution in [0.15, 0.2) is 24.3 Å². The van der Waals surface area contributed by atoms with Crippen molar-refractivity contribution in [3.63, 3.8) is 0 Å². The van der Waals surface area contributed by atoms with Gasteiger partial charge < -0.3 is 10.2 Å². The molecule has 16 heavy (non-hydrogen) atoms. The maximum atomic E-state index is 3.62. The molecule has 2 aliphatic rings. The number of fused-ring (bicyclic) bond motifs is 1. The van der Waals surface area contributed by atoms with Crippen molar-refractivity contribution >= 4 is 5.69 Å². The van der Waals surface area contributed by atoms with Gasteiger partial charge in [0.05, 0.1) is 0 Å². The lowest BCUT2D eigenvalue weighted by atomic mass is 10.1. The Morgan fingerprint density at radius 1 is 1.38 bits per heavy atom. The topological polar surface area (TPSA) is 15.3 Å². The van der Waals surface area contributed by atoms with E-state index in [-0.39, 0.29) is 0 Å². The van der Waals surface area contributed by atoms with E-state index in [4.69, 9.17) is 0 Å². The number of rotatable bonds is 2. The molecule has 2 atom stereocenters. The number of benzene rings is 1. The van der Waals surface area contributed by atoms with Gasteiger partial charge in [0, 0.05) is 24.3 Å². The molecule has 2 aliphatic heterocycles.